The highest BCUT2D eigenvalue weighted by molar-refractivity contribution is 7.11. The summed E-state index contributed by atoms with van der Waals surface area (Å²) >= 11 is 1.83. The summed E-state index contributed by atoms with van der Waals surface area (Å²) in [6, 6.07) is 0.546. The molecule has 1 aromatic heterocycles. The number of nitrogens with zero attached hydrogens (tertiary/aromatic N) is 2. The zero-order valence-corrected chi connectivity index (χ0v) is 13.5. The maximum atomic E-state index is 4.47. The second-order valence-corrected chi connectivity index (χ2v) is 7.77. The van der Waals surface area contributed by atoms with E-state index in [4.69, 9.17) is 0 Å². The van der Waals surface area contributed by atoms with Crippen molar-refractivity contribution < 1.29 is 0 Å². The number of aromatic nitrogens is 2. The number of hydrogen-bond donors (Lipinski definition) is 1. The molecule has 2 rings (SSSR count). The van der Waals surface area contributed by atoms with Gasteiger partial charge in [0.05, 0.1) is 0 Å². The SMILES string of the molecule is CC(C)NCCc1nnc(C2CCCCC2(C)C)s1. The molecule has 0 aliphatic heterocycles. The minimum atomic E-state index is 0.394. The second-order valence-electron chi connectivity index (χ2n) is 6.68. The van der Waals surface area contributed by atoms with Crippen LogP contribution in [0.5, 0.6) is 0 Å². The Morgan fingerprint density at radius 2 is 2.11 bits per heavy atom. The van der Waals surface area contributed by atoms with Gasteiger partial charge in [0, 0.05) is 24.9 Å². The van der Waals surface area contributed by atoms with Crippen LogP contribution < -0.4 is 5.32 Å². The topological polar surface area (TPSA) is 37.8 Å². The van der Waals surface area contributed by atoms with Crippen molar-refractivity contribution in [1.82, 2.24) is 15.5 Å². The molecule has 1 fully saturated rings. The molecule has 1 saturated carbocycles. The Morgan fingerprint density at radius 1 is 1.32 bits per heavy atom. The quantitative estimate of drug-likeness (QED) is 0.893. The minimum Gasteiger partial charge on any atom is -0.314 e. The third-order valence-corrected chi connectivity index (χ3v) is 5.28. The van der Waals surface area contributed by atoms with Gasteiger partial charge in [0.15, 0.2) is 0 Å². The molecule has 4 heteroatoms. The highest BCUT2D eigenvalue weighted by atomic mass is 32.1. The Hall–Kier alpha value is -0.480. The summed E-state index contributed by atoms with van der Waals surface area (Å²) in [4.78, 5) is 0. The van der Waals surface area contributed by atoms with Crippen LogP contribution in [0, 0.1) is 5.41 Å². The third kappa shape index (κ3) is 3.99. The van der Waals surface area contributed by atoms with Crippen molar-refractivity contribution in [2.75, 3.05) is 6.54 Å². The largest absolute Gasteiger partial charge is 0.314 e. The normalized spacial score (nSPS) is 22.9. The molecule has 1 unspecified atom stereocenters. The van der Waals surface area contributed by atoms with Crippen LogP contribution in [0.15, 0.2) is 0 Å². The average Bonchev–Trinajstić information content (AvgIpc) is 2.76. The molecule has 0 amide bonds. The van der Waals surface area contributed by atoms with Crippen LogP contribution in [-0.2, 0) is 6.42 Å². The van der Waals surface area contributed by atoms with E-state index in [2.05, 4.69) is 43.2 Å². The lowest BCUT2D eigenvalue weighted by Crippen LogP contribution is -2.25. The Kier molecular flexibility index (Phi) is 4.96. The molecule has 0 saturated heterocycles. The second kappa shape index (κ2) is 6.31. The van der Waals surface area contributed by atoms with E-state index >= 15 is 0 Å². The van der Waals surface area contributed by atoms with Crippen LogP contribution in [0.3, 0.4) is 0 Å². The summed E-state index contributed by atoms with van der Waals surface area (Å²) in [5.41, 5.74) is 0.394. The lowest BCUT2D eigenvalue weighted by atomic mass is 9.69. The molecule has 1 heterocycles. The van der Waals surface area contributed by atoms with Gasteiger partial charge in [0.2, 0.25) is 0 Å². The maximum Gasteiger partial charge on any atom is 0.121 e. The van der Waals surface area contributed by atoms with Gasteiger partial charge in [-0.15, -0.1) is 21.5 Å². The highest BCUT2D eigenvalue weighted by Gasteiger charge is 2.35. The molecule has 1 aliphatic rings. The molecule has 3 nitrogen and oxygen atoms in total. The molecule has 0 bridgehead atoms. The molecule has 0 radical (unpaired) electrons. The number of hydrogen-bond acceptors (Lipinski definition) is 4. The van der Waals surface area contributed by atoms with E-state index in [0.29, 0.717) is 17.4 Å². The third-order valence-electron chi connectivity index (χ3n) is 4.18. The smallest absolute Gasteiger partial charge is 0.121 e. The van der Waals surface area contributed by atoms with Gasteiger partial charge in [0.1, 0.15) is 10.0 Å². The van der Waals surface area contributed by atoms with Gasteiger partial charge in [-0.1, -0.05) is 40.5 Å². The van der Waals surface area contributed by atoms with Gasteiger partial charge >= 0.3 is 0 Å². The van der Waals surface area contributed by atoms with E-state index in [1.54, 1.807) is 0 Å². The van der Waals surface area contributed by atoms with Gasteiger partial charge in [-0.05, 0) is 18.3 Å². The fraction of sp³-hybridized carbons (Fsp3) is 0.867. The van der Waals surface area contributed by atoms with Crippen molar-refractivity contribution in [3.05, 3.63) is 10.0 Å². The molecule has 1 aliphatic carbocycles. The Labute approximate surface area is 121 Å². The van der Waals surface area contributed by atoms with Crippen molar-refractivity contribution in [1.29, 1.82) is 0 Å². The lowest BCUT2D eigenvalue weighted by molar-refractivity contribution is 0.198. The summed E-state index contributed by atoms with van der Waals surface area (Å²) in [5.74, 6) is 0.616. The molecule has 0 aromatic carbocycles. The minimum absolute atomic E-state index is 0.394. The summed E-state index contributed by atoms with van der Waals surface area (Å²) in [7, 11) is 0. The highest BCUT2D eigenvalue weighted by Crippen LogP contribution is 2.47. The molecule has 0 spiro atoms. The predicted octanol–water partition coefficient (Wildman–Crippen LogP) is 3.76. The molecule has 19 heavy (non-hydrogen) atoms. The first-order valence-electron chi connectivity index (χ1n) is 7.55. The van der Waals surface area contributed by atoms with Crippen LogP contribution in [0.4, 0.5) is 0 Å². The Morgan fingerprint density at radius 3 is 2.79 bits per heavy atom. The van der Waals surface area contributed by atoms with Gasteiger partial charge in [-0.25, -0.2) is 0 Å². The lowest BCUT2D eigenvalue weighted by Gasteiger charge is -2.37. The zero-order valence-electron chi connectivity index (χ0n) is 12.7. The van der Waals surface area contributed by atoms with Gasteiger partial charge < -0.3 is 5.32 Å². The summed E-state index contributed by atoms with van der Waals surface area (Å²) < 4.78 is 0. The monoisotopic (exact) mass is 281 g/mol. The molecular weight excluding hydrogens is 254 g/mol. The zero-order chi connectivity index (χ0) is 13.9. The fourth-order valence-corrected chi connectivity index (χ4v) is 4.12. The number of nitrogens with one attached hydrogen (secondary N) is 1. The van der Waals surface area contributed by atoms with Crippen LogP contribution in [-0.4, -0.2) is 22.8 Å². The van der Waals surface area contributed by atoms with E-state index in [1.165, 1.54) is 35.7 Å². The van der Waals surface area contributed by atoms with Crippen molar-refractivity contribution in [3.63, 3.8) is 0 Å². The molecule has 1 aromatic rings. The average molecular weight is 281 g/mol. The molecular formula is C15H27N3S. The molecule has 108 valence electrons. The predicted molar refractivity (Wildman–Crippen MR) is 81.7 cm³/mol. The van der Waals surface area contributed by atoms with Gasteiger partial charge in [0.25, 0.3) is 0 Å². The van der Waals surface area contributed by atoms with Gasteiger partial charge in [-0.2, -0.15) is 0 Å². The van der Waals surface area contributed by atoms with Crippen molar-refractivity contribution in [2.45, 2.75) is 71.8 Å². The summed E-state index contributed by atoms with van der Waals surface area (Å²) in [5, 5.41) is 14.7. The molecule has 1 atom stereocenters. The Balaban J connectivity index is 1.96. The van der Waals surface area contributed by atoms with Crippen molar-refractivity contribution in [3.8, 4) is 0 Å². The van der Waals surface area contributed by atoms with Crippen molar-refractivity contribution >= 4 is 11.3 Å². The van der Waals surface area contributed by atoms with E-state index in [0.717, 1.165) is 13.0 Å². The summed E-state index contributed by atoms with van der Waals surface area (Å²) in [6.07, 6.45) is 6.32. The van der Waals surface area contributed by atoms with Crippen LogP contribution >= 0.6 is 11.3 Å². The molecule has 1 N–H and O–H groups in total. The van der Waals surface area contributed by atoms with Crippen molar-refractivity contribution in [2.24, 2.45) is 5.41 Å². The fourth-order valence-electron chi connectivity index (χ4n) is 2.93. The standard InChI is InChI=1S/C15H27N3S/c1-11(2)16-10-8-13-17-18-14(19-13)12-7-5-6-9-15(12,3)4/h11-12,16H,5-10H2,1-4H3. The number of rotatable bonds is 5. The maximum absolute atomic E-state index is 4.47. The van der Waals surface area contributed by atoms with E-state index in [1.807, 2.05) is 11.3 Å². The van der Waals surface area contributed by atoms with E-state index in [9.17, 15) is 0 Å². The first kappa shape index (κ1) is 14.9. The summed E-state index contributed by atoms with van der Waals surface area (Å²) in [6.45, 7) is 10.1. The van der Waals surface area contributed by atoms with E-state index < -0.39 is 0 Å². The van der Waals surface area contributed by atoms with Crippen LogP contribution in [0.1, 0.15) is 69.3 Å². The first-order chi connectivity index (χ1) is 8.99. The van der Waals surface area contributed by atoms with Gasteiger partial charge in [-0.3, -0.25) is 0 Å². The van der Waals surface area contributed by atoms with Crippen LogP contribution in [0.25, 0.3) is 0 Å². The van der Waals surface area contributed by atoms with E-state index in [-0.39, 0.29) is 0 Å². The Bertz CT molecular complexity index is 398. The van der Waals surface area contributed by atoms with Crippen LogP contribution in [0.2, 0.25) is 0 Å². The first-order valence-corrected chi connectivity index (χ1v) is 8.36.